The number of fused-ring (bicyclic) bond motifs is 2. The second-order valence-electron chi connectivity index (χ2n) is 7.78. The second kappa shape index (κ2) is 8.60. The Morgan fingerprint density at radius 1 is 0.967 bits per heavy atom. The number of nitrogens with zero attached hydrogens (tertiary/aromatic N) is 2. The van der Waals surface area contributed by atoms with E-state index >= 15 is 0 Å². The maximum absolute atomic E-state index is 13.6. The fraction of sp³-hybridized carbons (Fsp3) is 0.240. The Labute approximate surface area is 182 Å². The Kier molecular flexibility index (Phi) is 5.91. The molecule has 0 spiro atoms. The lowest BCUT2D eigenvalue weighted by atomic mass is 9.97. The molecule has 1 atom stereocenters. The SMILES string of the molecule is CN1CCOCC1Cn1cc(C(=O)c2cccc3ccccc23)c2ccccc21.Cl. The molecule has 1 fully saturated rings. The van der Waals surface area contributed by atoms with Crippen LogP contribution in [0.1, 0.15) is 15.9 Å². The van der Waals surface area contributed by atoms with E-state index in [1.54, 1.807) is 0 Å². The highest BCUT2D eigenvalue weighted by Gasteiger charge is 2.23. The number of rotatable bonds is 4. The van der Waals surface area contributed by atoms with Crippen LogP contribution in [0.25, 0.3) is 21.7 Å². The molecule has 0 N–H and O–H groups in total. The second-order valence-corrected chi connectivity index (χ2v) is 7.78. The molecule has 2 heterocycles. The molecule has 0 radical (unpaired) electrons. The van der Waals surface area contributed by atoms with E-state index in [1.165, 1.54) is 0 Å². The summed E-state index contributed by atoms with van der Waals surface area (Å²) in [7, 11) is 2.14. The molecule has 1 unspecified atom stereocenters. The number of hydrogen-bond donors (Lipinski definition) is 0. The summed E-state index contributed by atoms with van der Waals surface area (Å²) >= 11 is 0. The Bertz CT molecular complexity index is 1190. The average Bonchev–Trinajstić information content (AvgIpc) is 3.13. The molecule has 30 heavy (non-hydrogen) atoms. The monoisotopic (exact) mass is 420 g/mol. The first-order chi connectivity index (χ1) is 14.2. The van der Waals surface area contributed by atoms with Crippen LogP contribution < -0.4 is 0 Å². The number of ether oxygens (including phenoxy) is 1. The third-order valence-corrected chi connectivity index (χ3v) is 6.00. The molecule has 1 aliphatic rings. The van der Waals surface area contributed by atoms with Gasteiger partial charge in [0.1, 0.15) is 0 Å². The predicted octanol–water partition coefficient (Wildman–Crippen LogP) is 4.78. The minimum absolute atomic E-state index is 0. The first-order valence-corrected chi connectivity index (χ1v) is 10.1. The molecule has 154 valence electrons. The quantitative estimate of drug-likeness (QED) is 0.446. The molecule has 0 aliphatic carbocycles. The molecule has 0 bridgehead atoms. The molecule has 0 saturated carbocycles. The van der Waals surface area contributed by atoms with Gasteiger partial charge in [0.15, 0.2) is 5.78 Å². The number of aromatic nitrogens is 1. The molecule has 4 nitrogen and oxygen atoms in total. The van der Waals surface area contributed by atoms with Crippen molar-refractivity contribution >= 4 is 39.9 Å². The number of likely N-dealkylation sites (N-methyl/N-ethyl adjacent to an activating group) is 1. The molecule has 5 rings (SSSR count). The van der Waals surface area contributed by atoms with Crippen LogP contribution in [0.4, 0.5) is 0 Å². The van der Waals surface area contributed by atoms with Gasteiger partial charge in [0.25, 0.3) is 0 Å². The van der Waals surface area contributed by atoms with Gasteiger partial charge < -0.3 is 9.30 Å². The zero-order chi connectivity index (χ0) is 19.8. The molecule has 1 aliphatic heterocycles. The molecule has 5 heteroatoms. The summed E-state index contributed by atoms with van der Waals surface area (Å²) in [5.74, 6) is 0.0741. The third-order valence-electron chi connectivity index (χ3n) is 6.00. The smallest absolute Gasteiger partial charge is 0.195 e. The number of hydrogen-bond acceptors (Lipinski definition) is 3. The molecule has 1 aromatic heterocycles. The largest absolute Gasteiger partial charge is 0.378 e. The van der Waals surface area contributed by atoms with Crippen molar-refractivity contribution in [3.8, 4) is 0 Å². The normalized spacial score (nSPS) is 17.2. The highest BCUT2D eigenvalue weighted by Crippen LogP contribution is 2.28. The summed E-state index contributed by atoms with van der Waals surface area (Å²) in [6, 6.07) is 22.5. The lowest BCUT2D eigenvalue weighted by Crippen LogP contribution is -2.45. The number of halogens is 1. The summed E-state index contributed by atoms with van der Waals surface area (Å²) in [4.78, 5) is 15.9. The topological polar surface area (TPSA) is 34.5 Å². The Morgan fingerprint density at radius 3 is 2.53 bits per heavy atom. The third kappa shape index (κ3) is 3.63. The molecule has 4 aromatic rings. The van der Waals surface area contributed by atoms with Crippen molar-refractivity contribution in [3.63, 3.8) is 0 Å². The van der Waals surface area contributed by atoms with Crippen LogP contribution in [0, 0.1) is 0 Å². The van der Waals surface area contributed by atoms with Gasteiger partial charge in [-0.25, -0.2) is 0 Å². The van der Waals surface area contributed by atoms with E-state index in [-0.39, 0.29) is 18.2 Å². The van der Waals surface area contributed by atoms with E-state index in [1.807, 2.05) is 66.9 Å². The van der Waals surface area contributed by atoms with Crippen molar-refractivity contribution in [1.29, 1.82) is 0 Å². The van der Waals surface area contributed by atoms with Gasteiger partial charge in [-0.05, 0) is 23.9 Å². The van der Waals surface area contributed by atoms with E-state index < -0.39 is 0 Å². The van der Waals surface area contributed by atoms with Crippen LogP contribution in [0.2, 0.25) is 0 Å². The molecular formula is C25H25ClN2O2. The fourth-order valence-corrected chi connectivity index (χ4v) is 4.30. The van der Waals surface area contributed by atoms with Crippen LogP contribution in [-0.4, -0.2) is 48.1 Å². The van der Waals surface area contributed by atoms with Gasteiger partial charge in [0, 0.05) is 41.3 Å². The van der Waals surface area contributed by atoms with E-state index in [0.717, 1.165) is 59.1 Å². The van der Waals surface area contributed by atoms with E-state index in [2.05, 4.69) is 22.6 Å². The number of morpholine rings is 1. The van der Waals surface area contributed by atoms with Gasteiger partial charge in [-0.3, -0.25) is 9.69 Å². The van der Waals surface area contributed by atoms with Gasteiger partial charge in [-0.15, -0.1) is 12.4 Å². The summed E-state index contributed by atoms with van der Waals surface area (Å²) in [6.07, 6.45) is 2.03. The van der Waals surface area contributed by atoms with Crippen LogP contribution in [-0.2, 0) is 11.3 Å². The van der Waals surface area contributed by atoms with Gasteiger partial charge in [-0.1, -0.05) is 60.7 Å². The predicted molar refractivity (Wildman–Crippen MR) is 124 cm³/mol. The molecular weight excluding hydrogens is 396 g/mol. The standard InChI is InChI=1S/C25H24N2O2.ClH/c1-26-13-14-29-17-19(26)15-27-16-23(21-10-4-5-12-24(21)27)25(28)22-11-6-8-18-7-2-3-9-20(18)22;/h2-12,16,19H,13-15,17H2,1H3;1H. The lowest BCUT2D eigenvalue weighted by Gasteiger charge is -2.32. The van der Waals surface area contributed by atoms with Crippen LogP contribution in [0.5, 0.6) is 0 Å². The Balaban J connectivity index is 0.00000218. The Morgan fingerprint density at radius 2 is 1.70 bits per heavy atom. The van der Waals surface area contributed by atoms with Gasteiger partial charge in [0.2, 0.25) is 0 Å². The number of carbonyl (C=O) groups is 1. The van der Waals surface area contributed by atoms with Crippen molar-refractivity contribution < 1.29 is 9.53 Å². The number of carbonyl (C=O) groups excluding carboxylic acids is 1. The van der Waals surface area contributed by atoms with E-state index in [9.17, 15) is 4.79 Å². The minimum atomic E-state index is 0. The van der Waals surface area contributed by atoms with Crippen molar-refractivity contribution in [2.75, 3.05) is 26.8 Å². The highest BCUT2D eigenvalue weighted by molar-refractivity contribution is 6.21. The molecule has 1 saturated heterocycles. The maximum atomic E-state index is 13.6. The average molecular weight is 421 g/mol. The summed E-state index contributed by atoms with van der Waals surface area (Å²) in [5.41, 5.74) is 2.61. The van der Waals surface area contributed by atoms with Gasteiger partial charge in [-0.2, -0.15) is 0 Å². The zero-order valence-electron chi connectivity index (χ0n) is 17.0. The highest BCUT2D eigenvalue weighted by atomic mass is 35.5. The zero-order valence-corrected chi connectivity index (χ0v) is 17.8. The van der Waals surface area contributed by atoms with Crippen LogP contribution in [0.15, 0.2) is 72.9 Å². The molecule has 3 aromatic carbocycles. The van der Waals surface area contributed by atoms with Gasteiger partial charge in [0.05, 0.1) is 19.3 Å². The minimum Gasteiger partial charge on any atom is -0.378 e. The molecule has 0 amide bonds. The van der Waals surface area contributed by atoms with Crippen molar-refractivity contribution in [1.82, 2.24) is 9.47 Å². The van der Waals surface area contributed by atoms with Crippen molar-refractivity contribution in [2.45, 2.75) is 12.6 Å². The lowest BCUT2D eigenvalue weighted by molar-refractivity contribution is 0.000232. The summed E-state index contributed by atoms with van der Waals surface area (Å²) in [6.45, 7) is 3.24. The summed E-state index contributed by atoms with van der Waals surface area (Å²) in [5, 5.41) is 3.09. The van der Waals surface area contributed by atoms with E-state index in [0.29, 0.717) is 6.04 Å². The summed E-state index contributed by atoms with van der Waals surface area (Å²) < 4.78 is 7.90. The van der Waals surface area contributed by atoms with Crippen molar-refractivity contribution in [2.24, 2.45) is 0 Å². The van der Waals surface area contributed by atoms with Crippen LogP contribution >= 0.6 is 12.4 Å². The number of benzene rings is 3. The van der Waals surface area contributed by atoms with Crippen molar-refractivity contribution in [3.05, 3.63) is 84.1 Å². The van der Waals surface area contributed by atoms with E-state index in [4.69, 9.17) is 4.74 Å². The van der Waals surface area contributed by atoms with Crippen LogP contribution in [0.3, 0.4) is 0 Å². The first-order valence-electron chi connectivity index (χ1n) is 10.1. The number of para-hydroxylation sites is 1. The fourth-order valence-electron chi connectivity index (χ4n) is 4.30. The first kappa shape index (κ1) is 20.6. The van der Waals surface area contributed by atoms with Gasteiger partial charge >= 0.3 is 0 Å². The maximum Gasteiger partial charge on any atom is 0.195 e. The Hall–Kier alpha value is -2.66. The number of ketones is 1.